The van der Waals surface area contributed by atoms with Crippen LogP contribution in [0.4, 0.5) is 4.39 Å². The van der Waals surface area contributed by atoms with Crippen LogP contribution in [0.1, 0.15) is 46.6 Å². The molecule has 0 saturated carbocycles. The highest BCUT2D eigenvalue weighted by atomic mass is 19.2. The van der Waals surface area contributed by atoms with Gasteiger partial charge in [0, 0.05) is 33.5 Å². The Morgan fingerprint density at radius 3 is 2.60 bits per heavy atom. The second-order valence-corrected chi connectivity index (χ2v) is 8.95. The first-order chi connectivity index (χ1) is 13.8. The van der Waals surface area contributed by atoms with Gasteiger partial charge in [-0.2, -0.15) is 4.39 Å². The molecule has 1 aliphatic heterocycles. The molecule has 3 N–H and O–H groups in total. The minimum absolute atomic E-state index is 0.0330. The fourth-order valence-electron chi connectivity index (χ4n) is 3.90. The molecule has 1 fully saturated rings. The van der Waals surface area contributed by atoms with Crippen LogP contribution in [-0.4, -0.2) is 58.6 Å². The van der Waals surface area contributed by atoms with Gasteiger partial charge in [0.15, 0.2) is 6.10 Å². The van der Waals surface area contributed by atoms with E-state index in [0.29, 0.717) is 25.4 Å². The third-order valence-corrected chi connectivity index (χ3v) is 5.34. The number of nitrogens with zero attached hydrogens (tertiary/aromatic N) is 1. The van der Waals surface area contributed by atoms with E-state index in [2.05, 4.69) is 5.32 Å². The summed E-state index contributed by atoms with van der Waals surface area (Å²) in [4.78, 5) is 26.5. The topological polar surface area (TPSA) is 99.1 Å². The van der Waals surface area contributed by atoms with Gasteiger partial charge in [-0.1, -0.05) is 26.0 Å². The number of nitrogens with one attached hydrogen (secondary N) is 1. The molecule has 7 nitrogen and oxygen atoms in total. The van der Waals surface area contributed by atoms with Gasteiger partial charge in [-0.05, 0) is 37.0 Å². The van der Waals surface area contributed by atoms with Crippen LogP contribution >= 0.6 is 0 Å². The van der Waals surface area contributed by atoms with Gasteiger partial charge in [-0.25, -0.2) is 4.79 Å². The molecule has 0 aromatic heterocycles. The van der Waals surface area contributed by atoms with Gasteiger partial charge in [0.2, 0.25) is 11.8 Å². The van der Waals surface area contributed by atoms with Crippen molar-refractivity contribution in [2.24, 2.45) is 11.8 Å². The van der Waals surface area contributed by atoms with Gasteiger partial charge in [0.1, 0.15) is 5.75 Å². The van der Waals surface area contributed by atoms with Crippen molar-refractivity contribution < 1.29 is 28.9 Å². The summed E-state index contributed by atoms with van der Waals surface area (Å²) in [6.45, 7) is 9.58. The lowest BCUT2D eigenvalue weighted by atomic mass is 9.84. The minimum Gasteiger partial charge on any atom is -0.479 e. The van der Waals surface area contributed by atoms with Crippen molar-refractivity contribution in [1.82, 2.24) is 10.2 Å². The van der Waals surface area contributed by atoms with Gasteiger partial charge in [0.25, 0.3) is 0 Å². The van der Waals surface area contributed by atoms with E-state index in [0.717, 1.165) is 5.56 Å². The number of carboxylic acids is 1. The number of aliphatic hydroxyl groups is 1. The number of ether oxygens (including phenoxy) is 1. The van der Waals surface area contributed by atoms with Crippen molar-refractivity contribution in [3.8, 4) is 5.75 Å². The lowest BCUT2D eigenvalue weighted by molar-refractivity contribution is -0.160. The first-order valence-electron chi connectivity index (χ1n) is 10.3. The van der Waals surface area contributed by atoms with E-state index in [4.69, 9.17) is 4.74 Å². The fourth-order valence-corrected chi connectivity index (χ4v) is 3.90. The number of piperazine rings is 1. The zero-order chi connectivity index (χ0) is 22.7. The minimum atomic E-state index is -1.85. The second-order valence-electron chi connectivity index (χ2n) is 8.95. The molecule has 0 spiro atoms. The normalized spacial score (nSPS) is 21.9. The fraction of sp³-hybridized carbons (Fsp3) is 0.636. The Labute approximate surface area is 177 Å². The first-order valence-corrected chi connectivity index (χ1v) is 10.3. The summed E-state index contributed by atoms with van der Waals surface area (Å²) < 4.78 is 19.3. The van der Waals surface area contributed by atoms with Crippen molar-refractivity contribution in [1.29, 1.82) is 0 Å². The SMILES string of the molecule is CC(C)C[C@H](C(=O)N1CCNC[C@@]1(C)c1cccc(OC(C)(C)F)c1)[C@H](O)C(=O)O. The van der Waals surface area contributed by atoms with Gasteiger partial charge in [0.05, 0.1) is 11.5 Å². The summed E-state index contributed by atoms with van der Waals surface area (Å²) in [5, 5.41) is 22.8. The molecular weight excluding hydrogens is 391 g/mol. The molecular formula is C22H33FN2O5. The number of aliphatic carboxylic acids is 1. The number of aliphatic hydroxyl groups excluding tert-OH is 1. The van der Waals surface area contributed by atoms with Crippen LogP contribution in [0.15, 0.2) is 24.3 Å². The van der Waals surface area contributed by atoms with E-state index in [1.54, 1.807) is 23.1 Å². The predicted molar refractivity (Wildman–Crippen MR) is 111 cm³/mol. The average Bonchev–Trinajstić information content (AvgIpc) is 2.64. The Hall–Kier alpha value is -2.19. The molecule has 1 amide bonds. The molecule has 8 heteroatoms. The third-order valence-electron chi connectivity index (χ3n) is 5.34. The summed E-state index contributed by atoms with van der Waals surface area (Å²) >= 11 is 0. The maximum absolute atomic E-state index is 14.0. The van der Waals surface area contributed by atoms with Crippen LogP contribution in [0, 0.1) is 11.8 Å². The quantitative estimate of drug-likeness (QED) is 0.593. The maximum Gasteiger partial charge on any atom is 0.333 e. The van der Waals surface area contributed by atoms with Gasteiger partial charge in [-0.3, -0.25) is 4.79 Å². The van der Waals surface area contributed by atoms with Crippen LogP contribution in [0.3, 0.4) is 0 Å². The molecule has 0 aliphatic carbocycles. The smallest absolute Gasteiger partial charge is 0.333 e. The molecule has 2 rings (SSSR count). The number of halogens is 1. The van der Waals surface area contributed by atoms with Gasteiger partial charge < -0.3 is 25.2 Å². The highest BCUT2D eigenvalue weighted by Gasteiger charge is 2.44. The molecule has 0 radical (unpaired) electrons. The predicted octanol–water partition coefficient (Wildman–Crippen LogP) is 2.53. The number of alkyl halides is 1. The van der Waals surface area contributed by atoms with Crippen LogP contribution in [0.25, 0.3) is 0 Å². The third kappa shape index (κ3) is 5.70. The lowest BCUT2D eigenvalue weighted by Gasteiger charge is -2.47. The molecule has 168 valence electrons. The van der Waals surface area contributed by atoms with Gasteiger partial charge in [-0.15, -0.1) is 0 Å². The molecule has 1 aliphatic rings. The summed E-state index contributed by atoms with van der Waals surface area (Å²) in [6.07, 6.45) is -1.52. The average molecular weight is 425 g/mol. The standard InChI is InChI=1S/C22H33FN2O5/c1-14(2)11-17(18(26)20(28)29)19(27)25-10-9-24-13-22(25,5)15-7-6-8-16(12-15)30-21(3,4)23/h6-8,12,14,17-18,24,26H,9-11,13H2,1-5H3,(H,28,29)/t17-,18-,22-/m0/s1. The number of rotatable bonds is 8. The number of carbonyl (C=O) groups excluding carboxylic acids is 1. The largest absolute Gasteiger partial charge is 0.479 e. The second kappa shape index (κ2) is 9.31. The highest BCUT2D eigenvalue weighted by Crippen LogP contribution is 2.35. The Morgan fingerprint density at radius 1 is 1.37 bits per heavy atom. The van der Waals surface area contributed by atoms with E-state index in [-0.39, 0.29) is 12.3 Å². The van der Waals surface area contributed by atoms with Crippen LogP contribution < -0.4 is 10.1 Å². The van der Waals surface area contributed by atoms with E-state index in [9.17, 15) is 24.2 Å². The Morgan fingerprint density at radius 2 is 2.03 bits per heavy atom. The zero-order valence-corrected chi connectivity index (χ0v) is 18.3. The summed E-state index contributed by atoms with van der Waals surface area (Å²) in [7, 11) is 0. The van der Waals surface area contributed by atoms with Crippen LogP contribution in [0.2, 0.25) is 0 Å². The number of benzene rings is 1. The molecule has 30 heavy (non-hydrogen) atoms. The van der Waals surface area contributed by atoms with Crippen LogP contribution in [-0.2, 0) is 15.1 Å². The van der Waals surface area contributed by atoms with Crippen LogP contribution in [0.5, 0.6) is 5.75 Å². The Balaban J connectivity index is 2.41. The summed E-state index contributed by atoms with van der Waals surface area (Å²) in [5.41, 5.74) is -0.0827. The lowest BCUT2D eigenvalue weighted by Crippen LogP contribution is -2.61. The van der Waals surface area contributed by atoms with Crippen molar-refractivity contribution in [2.45, 2.75) is 58.5 Å². The van der Waals surface area contributed by atoms with Crippen molar-refractivity contribution in [2.75, 3.05) is 19.6 Å². The number of amides is 1. The highest BCUT2D eigenvalue weighted by molar-refractivity contribution is 5.86. The molecule has 1 saturated heterocycles. The molecule has 1 aromatic carbocycles. The van der Waals surface area contributed by atoms with E-state index >= 15 is 0 Å². The van der Waals surface area contributed by atoms with Crippen molar-refractivity contribution in [3.63, 3.8) is 0 Å². The van der Waals surface area contributed by atoms with Crippen molar-refractivity contribution in [3.05, 3.63) is 29.8 Å². The Kier molecular flexibility index (Phi) is 7.47. The molecule has 1 aromatic rings. The monoisotopic (exact) mass is 424 g/mol. The Bertz CT molecular complexity index is 764. The molecule has 3 atom stereocenters. The first kappa shape index (κ1) is 24.1. The van der Waals surface area contributed by atoms with Gasteiger partial charge >= 0.3 is 5.97 Å². The zero-order valence-electron chi connectivity index (χ0n) is 18.3. The van der Waals surface area contributed by atoms with Crippen molar-refractivity contribution >= 4 is 11.9 Å². The molecule has 0 unspecified atom stereocenters. The molecule has 0 bridgehead atoms. The number of hydrogen-bond acceptors (Lipinski definition) is 5. The molecule has 1 heterocycles. The number of carboxylic acid groups (broad SMARTS) is 1. The summed E-state index contributed by atoms with van der Waals surface area (Å²) in [6, 6.07) is 6.90. The van der Waals surface area contributed by atoms with E-state index < -0.39 is 35.3 Å². The summed E-state index contributed by atoms with van der Waals surface area (Å²) in [5.74, 6) is -4.35. The number of hydrogen-bond donors (Lipinski definition) is 3. The number of carbonyl (C=O) groups is 2. The van der Waals surface area contributed by atoms with E-state index in [1.165, 1.54) is 13.8 Å². The maximum atomic E-state index is 14.0. The van der Waals surface area contributed by atoms with E-state index in [1.807, 2.05) is 26.8 Å².